The molecular weight excluding hydrogens is 388 g/mol. The molecule has 31 heavy (non-hydrogen) atoms. The summed E-state index contributed by atoms with van der Waals surface area (Å²) >= 11 is 0. The normalized spacial score (nSPS) is 16.4. The average molecular weight is 423 g/mol. The fourth-order valence-corrected chi connectivity index (χ4v) is 4.83. The van der Waals surface area contributed by atoms with Gasteiger partial charge in [-0.1, -0.05) is 13.8 Å². The fraction of sp³-hybridized carbons (Fsp3) is 0.520. The molecule has 1 unspecified atom stereocenters. The Morgan fingerprint density at radius 2 is 1.90 bits per heavy atom. The van der Waals surface area contributed by atoms with Crippen molar-refractivity contribution in [3.63, 3.8) is 0 Å². The van der Waals surface area contributed by atoms with E-state index in [2.05, 4.69) is 53.8 Å². The smallest absolute Gasteiger partial charge is 0.114 e. The maximum atomic E-state index is 9.85. The van der Waals surface area contributed by atoms with Gasteiger partial charge in [0.15, 0.2) is 0 Å². The molecule has 0 fully saturated rings. The lowest BCUT2D eigenvalue weighted by Gasteiger charge is -2.30. The second-order valence-corrected chi connectivity index (χ2v) is 9.73. The number of aromatic amines is 1. The van der Waals surface area contributed by atoms with Crippen molar-refractivity contribution >= 4 is 0 Å². The molecule has 1 aliphatic rings. The van der Waals surface area contributed by atoms with Gasteiger partial charge in [-0.25, -0.2) is 0 Å². The standard InChI is InChI=1S/C25H34N4O2/c1-6-29-23-13-25(4,5)8-7-19(23)24(28-29)22-12-21(26-27-22)17-9-15(2)20(16(3)10-17)11-18(31)14-30/h9-10,12,18,30-31H,6-8,11,13-14H2,1-5H3,(H,26,27). The Balaban J connectivity index is 1.68. The largest absolute Gasteiger partial charge is 0.394 e. The van der Waals surface area contributed by atoms with Gasteiger partial charge in [0.2, 0.25) is 0 Å². The Morgan fingerprint density at radius 3 is 2.55 bits per heavy atom. The molecule has 3 aromatic rings. The van der Waals surface area contributed by atoms with Gasteiger partial charge in [0.05, 0.1) is 24.1 Å². The first kappa shape index (κ1) is 21.8. The van der Waals surface area contributed by atoms with Gasteiger partial charge in [0.1, 0.15) is 5.69 Å². The van der Waals surface area contributed by atoms with Crippen LogP contribution in [0.3, 0.4) is 0 Å². The third-order valence-corrected chi connectivity index (χ3v) is 6.64. The van der Waals surface area contributed by atoms with Crippen molar-refractivity contribution in [1.29, 1.82) is 0 Å². The lowest BCUT2D eigenvalue weighted by molar-refractivity contribution is 0.0953. The fourth-order valence-electron chi connectivity index (χ4n) is 4.83. The molecule has 4 rings (SSSR count). The summed E-state index contributed by atoms with van der Waals surface area (Å²) < 4.78 is 2.15. The van der Waals surface area contributed by atoms with Crippen LogP contribution in [0.5, 0.6) is 0 Å². The van der Waals surface area contributed by atoms with E-state index < -0.39 is 6.10 Å². The van der Waals surface area contributed by atoms with E-state index in [9.17, 15) is 10.2 Å². The average Bonchev–Trinajstić information content (AvgIpc) is 3.34. The molecule has 0 amide bonds. The van der Waals surface area contributed by atoms with Crippen molar-refractivity contribution in [3.05, 3.63) is 46.1 Å². The first-order valence-electron chi connectivity index (χ1n) is 11.3. The predicted octanol–water partition coefficient (Wildman–Crippen LogP) is 3.99. The molecule has 0 saturated carbocycles. The molecule has 6 nitrogen and oxygen atoms in total. The number of nitrogens with one attached hydrogen (secondary N) is 1. The number of rotatable bonds is 6. The molecule has 6 heteroatoms. The molecule has 0 aliphatic heterocycles. The van der Waals surface area contributed by atoms with Crippen LogP contribution in [-0.4, -0.2) is 42.9 Å². The van der Waals surface area contributed by atoms with E-state index in [0.717, 1.165) is 58.7 Å². The van der Waals surface area contributed by atoms with E-state index in [-0.39, 0.29) is 6.61 Å². The number of aromatic nitrogens is 4. The van der Waals surface area contributed by atoms with Crippen LogP contribution >= 0.6 is 0 Å². The second-order valence-electron chi connectivity index (χ2n) is 9.73. The topological polar surface area (TPSA) is 87.0 Å². The molecule has 1 aromatic carbocycles. The number of nitrogens with zero attached hydrogens (tertiary/aromatic N) is 3. The van der Waals surface area contributed by atoms with Gasteiger partial charge in [0.25, 0.3) is 0 Å². The zero-order chi connectivity index (χ0) is 22.3. The van der Waals surface area contributed by atoms with Gasteiger partial charge in [-0.2, -0.15) is 10.2 Å². The number of aliphatic hydroxyl groups is 2. The van der Waals surface area contributed by atoms with Crippen LogP contribution < -0.4 is 0 Å². The molecule has 2 aromatic heterocycles. The summed E-state index contributed by atoms with van der Waals surface area (Å²) in [5.41, 5.74) is 10.3. The first-order valence-corrected chi connectivity index (χ1v) is 11.3. The summed E-state index contributed by atoms with van der Waals surface area (Å²) in [4.78, 5) is 0. The lowest BCUT2D eigenvalue weighted by atomic mass is 9.76. The Bertz CT molecular complexity index is 1070. The highest BCUT2D eigenvalue weighted by molar-refractivity contribution is 5.70. The van der Waals surface area contributed by atoms with E-state index in [1.165, 1.54) is 17.7 Å². The predicted molar refractivity (Wildman–Crippen MR) is 123 cm³/mol. The van der Waals surface area contributed by atoms with E-state index in [1.54, 1.807) is 0 Å². The molecule has 0 saturated heterocycles. The minimum atomic E-state index is -0.731. The van der Waals surface area contributed by atoms with Gasteiger partial charge < -0.3 is 10.2 Å². The van der Waals surface area contributed by atoms with Crippen LogP contribution in [0.1, 0.15) is 55.1 Å². The van der Waals surface area contributed by atoms with Crippen molar-refractivity contribution in [2.45, 2.75) is 73.0 Å². The summed E-state index contributed by atoms with van der Waals surface area (Å²) in [6, 6.07) is 6.31. The van der Waals surface area contributed by atoms with Crippen LogP contribution in [0.4, 0.5) is 0 Å². The Morgan fingerprint density at radius 1 is 1.19 bits per heavy atom. The van der Waals surface area contributed by atoms with Crippen LogP contribution in [0.15, 0.2) is 18.2 Å². The second kappa shape index (κ2) is 8.24. The summed E-state index contributed by atoms with van der Waals surface area (Å²) in [6.45, 7) is 11.6. The highest BCUT2D eigenvalue weighted by atomic mass is 16.3. The monoisotopic (exact) mass is 422 g/mol. The van der Waals surface area contributed by atoms with Crippen molar-refractivity contribution < 1.29 is 10.2 Å². The number of H-pyrrole nitrogens is 1. The number of aryl methyl sites for hydroxylation is 3. The van der Waals surface area contributed by atoms with Crippen molar-refractivity contribution in [2.24, 2.45) is 5.41 Å². The molecule has 1 aliphatic carbocycles. The maximum absolute atomic E-state index is 9.85. The SMILES string of the molecule is CCn1nc(-c2cc(-c3cc(C)c(CC(O)CO)c(C)c3)n[nH]2)c2c1CC(C)(C)CC2. The van der Waals surface area contributed by atoms with Crippen LogP contribution in [0.2, 0.25) is 0 Å². The van der Waals surface area contributed by atoms with Crippen molar-refractivity contribution in [1.82, 2.24) is 20.0 Å². The molecule has 1 atom stereocenters. The molecule has 0 radical (unpaired) electrons. The summed E-state index contributed by atoms with van der Waals surface area (Å²) in [7, 11) is 0. The number of benzene rings is 1. The van der Waals surface area contributed by atoms with Crippen LogP contribution in [0, 0.1) is 19.3 Å². The maximum Gasteiger partial charge on any atom is 0.114 e. The van der Waals surface area contributed by atoms with Crippen molar-refractivity contribution in [3.8, 4) is 22.6 Å². The van der Waals surface area contributed by atoms with Gasteiger partial charge in [-0.3, -0.25) is 9.78 Å². The molecule has 3 N–H and O–H groups in total. The van der Waals surface area contributed by atoms with E-state index in [1.807, 2.05) is 13.8 Å². The number of hydrogen-bond donors (Lipinski definition) is 3. The van der Waals surface area contributed by atoms with Crippen LogP contribution in [-0.2, 0) is 25.8 Å². The molecule has 0 bridgehead atoms. The summed E-state index contributed by atoms with van der Waals surface area (Å²) in [5.74, 6) is 0. The summed E-state index contributed by atoms with van der Waals surface area (Å²) in [6.07, 6.45) is 3.00. The van der Waals surface area contributed by atoms with Crippen LogP contribution in [0.25, 0.3) is 22.6 Å². The molecule has 0 spiro atoms. The Hall–Kier alpha value is -2.44. The van der Waals surface area contributed by atoms with E-state index in [0.29, 0.717) is 11.8 Å². The van der Waals surface area contributed by atoms with Gasteiger partial charge >= 0.3 is 0 Å². The Kier molecular flexibility index (Phi) is 5.79. The number of fused-ring (bicyclic) bond motifs is 1. The van der Waals surface area contributed by atoms with Gasteiger partial charge in [-0.15, -0.1) is 0 Å². The minimum absolute atomic E-state index is 0.227. The van der Waals surface area contributed by atoms with E-state index in [4.69, 9.17) is 5.10 Å². The summed E-state index contributed by atoms with van der Waals surface area (Å²) in [5, 5.41) is 31.8. The number of aliphatic hydroxyl groups excluding tert-OH is 2. The quantitative estimate of drug-likeness (QED) is 0.561. The lowest BCUT2D eigenvalue weighted by Crippen LogP contribution is -2.24. The third kappa shape index (κ3) is 4.19. The number of hydrogen-bond acceptors (Lipinski definition) is 4. The third-order valence-electron chi connectivity index (χ3n) is 6.64. The first-order chi connectivity index (χ1) is 14.7. The van der Waals surface area contributed by atoms with E-state index >= 15 is 0 Å². The van der Waals surface area contributed by atoms with Gasteiger partial charge in [0, 0.05) is 29.8 Å². The molecular formula is C25H34N4O2. The zero-order valence-corrected chi connectivity index (χ0v) is 19.3. The minimum Gasteiger partial charge on any atom is -0.394 e. The zero-order valence-electron chi connectivity index (χ0n) is 19.3. The highest BCUT2D eigenvalue weighted by Gasteiger charge is 2.31. The molecule has 2 heterocycles. The Labute approximate surface area is 184 Å². The highest BCUT2D eigenvalue weighted by Crippen LogP contribution is 2.39. The molecule has 166 valence electrons. The van der Waals surface area contributed by atoms with Gasteiger partial charge in [-0.05, 0) is 80.3 Å². The van der Waals surface area contributed by atoms with Crippen molar-refractivity contribution in [2.75, 3.05) is 6.61 Å².